The third-order valence-corrected chi connectivity index (χ3v) is 4.20. The predicted octanol–water partition coefficient (Wildman–Crippen LogP) is 2.62. The highest BCUT2D eigenvalue weighted by molar-refractivity contribution is 5.86. The van der Waals surface area contributed by atoms with Crippen molar-refractivity contribution >= 4 is 22.9 Å². The molecule has 0 bridgehead atoms. The maximum absolute atomic E-state index is 4.85. The van der Waals surface area contributed by atoms with Crippen LogP contribution in [-0.2, 0) is 6.54 Å². The van der Waals surface area contributed by atoms with Gasteiger partial charge in [-0.15, -0.1) is 13.2 Å². The summed E-state index contributed by atoms with van der Waals surface area (Å²) in [6.45, 7) is 11.2. The average molecular weight is 312 g/mol. The number of allylic oxidation sites excluding steroid dienone is 1. The molecule has 1 aliphatic heterocycles. The Labute approximate surface area is 137 Å². The molecular weight excluding hydrogens is 288 g/mol. The molecular formula is C17H24N6. The largest absolute Gasteiger partial charge is 0.355 e. The van der Waals surface area contributed by atoms with E-state index in [2.05, 4.69) is 37.5 Å². The minimum Gasteiger partial charge on any atom is -0.355 e. The van der Waals surface area contributed by atoms with Crippen molar-refractivity contribution in [3.05, 3.63) is 31.6 Å². The van der Waals surface area contributed by atoms with Crippen LogP contribution in [0.3, 0.4) is 0 Å². The molecule has 3 rings (SSSR count). The van der Waals surface area contributed by atoms with Crippen molar-refractivity contribution in [2.45, 2.75) is 25.8 Å². The maximum atomic E-state index is 4.85. The molecule has 122 valence electrons. The van der Waals surface area contributed by atoms with Crippen molar-refractivity contribution in [3.63, 3.8) is 0 Å². The zero-order chi connectivity index (χ0) is 16.2. The fraction of sp³-hybridized carbons (Fsp3) is 0.471. The van der Waals surface area contributed by atoms with Gasteiger partial charge in [0.2, 0.25) is 5.95 Å². The second-order valence-corrected chi connectivity index (χ2v) is 5.90. The first-order valence-corrected chi connectivity index (χ1v) is 8.15. The van der Waals surface area contributed by atoms with Crippen LogP contribution in [0, 0.1) is 0 Å². The second-order valence-electron chi connectivity index (χ2n) is 5.90. The first kappa shape index (κ1) is 15.5. The quantitative estimate of drug-likeness (QED) is 0.768. The highest BCUT2D eigenvalue weighted by atomic mass is 15.3. The molecule has 2 aromatic rings. The van der Waals surface area contributed by atoms with E-state index >= 15 is 0 Å². The number of hydrogen-bond donors (Lipinski definition) is 0. The highest BCUT2D eigenvalue weighted by Gasteiger charge is 2.21. The summed E-state index contributed by atoms with van der Waals surface area (Å²) in [6, 6.07) is 0. The fourth-order valence-electron chi connectivity index (χ4n) is 3.11. The number of rotatable bonds is 6. The van der Waals surface area contributed by atoms with Crippen LogP contribution >= 0.6 is 0 Å². The van der Waals surface area contributed by atoms with Gasteiger partial charge in [-0.1, -0.05) is 12.2 Å². The Morgan fingerprint density at radius 1 is 1.17 bits per heavy atom. The highest BCUT2D eigenvalue weighted by Crippen LogP contribution is 2.28. The fourth-order valence-corrected chi connectivity index (χ4v) is 3.11. The molecule has 2 aromatic heterocycles. The van der Waals surface area contributed by atoms with Crippen molar-refractivity contribution in [1.29, 1.82) is 0 Å². The average Bonchev–Trinajstić information content (AvgIpc) is 2.95. The summed E-state index contributed by atoms with van der Waals surface area (Å²) < 4.78 is 2.08. The molecule has 6 heteroatoms. The van der Waals surface area contributed by atoms with Crippen LogP contribution < -0.4 is 9.80 Å². The lowest BCUT2D eigenvalue weighted by Crippen LogP contribution is -2.30. The molecule has 0 aliphatic carbocycles. The summed E-state index contributed by atoms with van der Waals surface area (Å²) in [5, 5.41) is 0. The van der Waals surface area contributed by atoms with Gasteiger partial charge in [0.1, 0.15) is 6.33 Å². The number of aromatic nitrogens is 4. The normalized spacial score (nSPS) is 14.9. The molecule has 1 saturated heterocycles. The molecule has 0 N–H and O–H groups in total. The van der Waals surface area contributed by atoms with E-state index in [9.17, 15) is 0 Å². The predicted molar refractivity (Wildman–Crippen MR) is 95.1 cm³/mol. The summed E-state index contributed by atoms with van der Waals surface area (Å²) >= 11 is 0. The van der Waals surface area contributed by atoms with Gasteiger partial charge in [0.15, 0.2) is 17.0 Å². The van der Waals surface area contributed by atoms with E-state index in [0.29, 0.717) is 6.54 Å². The SMILES string of the molecule is C=CCN(C)c1nc2c(N3CCCCC3)ncnc2n1CC=C. The van der Waals surface area contributed by atoms with Gasteiger partial charge in [-0.05, 0) is 19.3 Å². The summed E-state index contributed by atoms with van der Waals surface area (Å²) in [7, 11) is 2.01. The van der Waals surface area contributed by atoms with Crippen LogP contribution in [0.1, 0.15) is 19.3 Å². The molecule has 0 amide bonds. The van der Waals surface area contributed by atoms with Gasteiger partial charge in [0, 0.05) is 33.2 Å². The van der Waals surface area contributed by atoms with E-state index in [-0.39, 0.29) is 0 Å². The van der Waals surface area contributed by atoms with Crippen molar-refractivity contribution in [2.75, 3.05) is 36.5 Å². The molecule has 3 heterocycles. The van der Waals surface area contributed by atoms with Crippen LogP contribution in [0.25, 0.3) is 11.2 Å². The number of hydrogen-bond acceptors (Lipinski definition) is 5. The lowest BCUT2D eigenvalue weighted by molar-refractivity contribution is 0.574. The Balaban J connectivity index is 2.11. The van der Waals surface area contributed by atoms with Gasteiger partial charge in [-0.3, -0.25) is 4.57 Å². The molecule has 1 aliphatic rings. The van der Waals surface area contributed by atoms with Gasteiger partial charge in [0.05, 0.1) is 0 Å². The summed E-state index contributed by atoms with van der Waals surface area (Å²) in [6.07, 6.45) is 9.10. The van der Waals surface area contributed by atoms with E-state index < -0.39 is 0 Å². The lowest BCUT2D eigenvalue weighted by Gasteiger charge is -2.27. The Hall–Kier alpha value is -2.37. The molecule has 1 fully saturated rings. The van der Waals surface area contributed by atoms with Gasteiger partial charge in [-0.2, -0.15) is 0 Å². The van der Waals surface area contributed by atoms with E-state index in [1.807, 2.05) is 19.2 Å². The second kappa shape index (κ2) is 6.81. The first-order chi connectivity index (χ1) is 11.3. The molecule has 0 radical (unpaired) electrons. The third kappa shape index (κ3) is 2.93. The number of nitrogens with zero attached hydrogens (tertiary/aromatic N) is 6. The van der Waals surface area contributed by atoms with Gasteiger partial charge < -0.3 is 9.80 Å². The number of likely N-dealkylation sites (N-methyl/N-ethyl adjacent to an activating group) is 1. The van der Waals surface area contributed by atoms with Crippen LogP contribution in [0.15, 0.2) is 31.6 Å². The third-order valence-electron chi connectivity index (χ3n) is 4.20. The number of piperidine rings is 1. The minimum absolute atomic E-state index is 0.670. The van der Waals surface area contributed by atoms with E-state index in [1.165, 1.54) is 19.3 Å². The first-order valence-electron chi connectivity index (χ1n) is 8.15. The van der Waals surface area contributed by atoms with Crippen molar-refractivity contribution < 1.29 is 0 Å². The number of imidazole rings is 1. The summed E-state index contributed by atoms with van der Waals surface area (Å²) in [4.78, 5) is 18.3. The minimum atomic E-state index is 0.670. The van der Waals surface area contributed by atoms with Crippen molar-refractivity contribution in [3.8, 4) is 0 Å². The molecule has 0 aromatic carbocycles. The number of fused-ring (bicyclic) bond motifs is 1. The van der Waals surface area contributed by atoms with Crippen molar-refractivity contribution in [1.82, 2.24) is 19.5 Å². The van der Waals surface area contributed by atoms with E-state index in [1.54, 1.807) is 6.33 Å². The molecule has 6 nitrogen and oxygen atoms in total. The molecule has 0 atom stereocenters. The number of anilines is 2. The van der Waals surface area contributed by atoms with Crippen LogP contribution in [0.4, 0.5) is 11.8 Å². The van der Waals surface area contributed by atoms with Crippen LogP contribution in [0.5, 0.6) is 0 Å². The molecule has 0 unspecified atom stereocenters. The Morgan fingerprint density at radius 3 is 2.65 bits per heavy atom. The van der Waals surface area contributed by atoms with Gasteiger partial charge in [0.25, 0.3) is 0 Å². The topological polar surface area (TPSA) is 50.1 Å². The van der Waals surface area contributed by atoms with Crippen molar-refractivity contribution in [2.24, 2.45) is 0 Å². The summed E-state index contributed by atoms with van der Waals surface area (Å²) in [5.41, 5.74) is 1.74. The van der Waals surface area contributed by atoms with Crippen LogP contribution in [-0.4, -0.2) is 46.2 Å². The lowest BCUT2D eigenvalue weighted by atomic mass is 10.1. The van der Waals surface area contributed by atoms with Gasteiger partial charge >= 0.3 is 0 Å². The zero-order valence-electron chi connectivity index (χ0n) is 13.8. The monoisotopic (exact) mass is 312 g/mol. The van der Waals surface area contributed by atoms with E-state index in [0.717, 1.165) is 42.6 Å². The molecule has 0 spiro atoms. The Bertz CT molecular complexity index is 698. The smallest absolute Gasteiger partial charge is 0.208 e. The zero-order valence-corrected chi connectivity index (χ0v) is 13.8. The Kier molecular flexibility index (Phi) is 4.60. The Morgan fingerprint density at radius 2 is 1.96 bits per heavy atom. The van der Waals surface area contributed by atoms with Crippen LogP contribution in [0.2, 0.25) is 0 Å². The summed E-state index contributed by atoms with van der Waals surface area (Å²) in [5.74, 6) is 1.82. The maximum Gasteiger partial charge on any atom is 0.208 e. The standard InChI is InChI=1S/C17H24N6/c1-4-9-21(3)17-20-14-15(22-11-7-6-8-12-22)18-13-19-16(14)23(17)10-5-2/h4-5,13H,1-2,6-12H2,3H3. The molecule has 23 heavy (non-hydrogen) atoms. The van der Waals surface area contributed by atoms with Gasteiger partial charge in [-0.25, -0.2) is 15.0 Å². The van der Waals surface area contributed by atoms with E-state index in [4.69, 9.17) is 4.98 Å². The molecule has 0 saturated carbocycles.